The van der Waals surface area contributed by atoms with Crippen molar-refractivity contribution in [2.45, 2.75) is 25.4 Å². The van der Waals surface area contributed by atoms with E-state index in [4.69, 9.17) is 0 Å². The van der Waals surface area contributed by atoms with Crippen molar-refractivity contribution < 1.29 is 8.78 Å². The standard InChI is InChI=1S/C14H14F2N4/c15-9-3-4-10(11(16)7-9)13-18-19-14-12(8-1-2-8)17-5-6-20(13)14/h3-4,7-8,12,17H,1-2,5-6H2. The van der Waals surface area contributed by atoms with Crippen LogP contribution in [-0.4, -0.2) is 21.3 Å². The van der Waals surface area contributed by atoms with Crippen LogP contribution in [0.4, 0.5) is 8.78 Å². The van der Waals surface area contributed by atoms with Gasteiger partial charge in [0.05, 0.1) is 11.6 Å². The molecule has 1 aromatic carbocycles. The van der Waals surface area contributed by atoms with Gasteiger partial charge in [0.15, 0.2) is 11.6 Å². The highest BCUT2D eigenvalue weighted by molar-refractivity contribution is 5.56. The van der Waals surface area contributed by atoms with Crippen LogP contribution in [0.3, 0.4) is 0 Å². The minimum Gasteiger partial charge on any atom is -0.308 e. The van der Waals surface area contributed by atoms with Crippen molar-refractivity contribution in [1.29, 1.82) is 0 Å². The van der Waals surface area contributed by atoms with Gasteiger partial charge in [-0.3, -0.25) is 0 Å². The molecular formula is C14H14F2N4. The lowest BCUT2D eigenvalue weighted by atomic mass is 10.1. The zero-order valence-corrected chi connectivity index (χ0v) is 10.8. The molecule has 0 bridgehead atoms. The number of hydrogen-bond donors (Lipinski definition) is 1. The molecule has 2 aromatic rings. The molecule has 2 heterocycles. The first-order chi connectivity index (χ1) is 9.74. The highest BCUT2D eigenvalue weighted by Gasteiger charge is 2.37. The van der Waals surface area contributed by atoms with Gasteiger partial charge in [-0.25, -0.2) is 8.78 Å². The van der Waals surface area contributed by atoms with Gasteiger partial charge in [-0.1, -0.05) is 0 Å². The monoisotopic (exact) mass is 276 g/mol. The minimum atomic E-state index is -0.596. The van der Waals surface area contributed by atoms with Crippen molar-refractivity contribution in [2.75, 3.05) is 6.54 Å². The van der Waals surface area contributed by atoms with E-state index in [9.17, 15) is 8.78 Å². The third-order valence-electron chi connectivity index (χ3n) is 4.02. The predicted octanol–water partition coefficient (Wildman–Crippen LogP) is 2.28. The first-order valence-corrected chi connectivity index (χ1v) is 6.86. The van der Waals surface area contributed by atoms with Crippen LogP contribution in [0, 0.1) is 17.6 Å². The van der Waals surface area contributed by atoms with Crippen molar-refractivity contribution >= 4 is 0 Å². The smallest absolute Gasteiger partial charge is 0.167 e. The van der Waals surface area contributed by atoms with Crippen LogP contribution in [0.5, 0.6) is 0 Å². The van der Waals surface area contributed by atoms with Gasteiger partial charge in [0.1, 0.15) is 11.6 Å². The molecule has 1 aliphatic carbocycles. The highest BCUT2D eigenvalue weighted by atomic mass is 19.1. The Hall–Kier alpha value is -1.82. The third-order valence-corrected chi connectivity index (χ3v) is 4.02. The third kappa shape index (κ3) is 1.83. The Morgan fingerprint density at radius 2 is 2.05 bits per heavy atom. The van der Waals surface area contributed by atoms with Gasteiger partial charge >= 0.3 is 0 Å². The number of hydrogen-bond acceptors (Lipinski definition) is 3. The van der Waals surface area contributed by atoms with E-state index in [2.05, 4.69) is 15.5 Å². The Kier molecular flexibility index (Phi) is 2.60. The Morgan fingerprint density at radius 3 is 2.80 bits per heavy atom. The molecule has 6 heteroatoms. The molecule has 1 aliphatic heterocycles. The molecule has 104 valence electrons. The largest absolute Gasteiger partial charge is 0.308 e. The molecule has 4 rings (SSSR count). The van der Waals surface area contributed by atoms with E-state index >= 15 is 0 Å². The summed E-state index contributed by atoms with van der Waals surface area (Å²) in [6.07, 6.45) is 2.40. The predicted molar refractivity (Wildman–Crippen MR) is 68.8 cm³/mol. The summed E-state index contributed by atoms with van der Waals surface area (Å²) in [5.41, 5.74) is 0.307. The van der Waals surface area contributed by atoms with Crippen LogP contribution in [0.25, 0.3) is 11.4 Å². The highest BCUT2D eigenvalue weighted by Crippen LogP contribution is 2.42. The number of aromatic nitrogens is 3. The van der Waals surface area contributed by atoms with Crippen LogP contribution in [0.15, 0.2) is 18.2 Å². The summed E-state index contributed by atoms with van der Waals surface area (Å²) in [7, 11) is 0. The molecule has 1 saturated carbocycles. The van der Waals surface area contributed by atoms with Crippen molar-refractivity contribution in [1.82, 2.24) is 20.1 Å². The first kappa shape index (κ1) is 12.0. The number of rotatable bonds is 2. The molecule has 1 fully saturated rings. The van der Waals surface area contributed by atoms with E-state index in [0.717, 1.165) is 18.4 Å². The molecule has 1 N–H and O–H groups in total. The van der Waals surface area contributed by atoms with Crippen LogP contribution in [0.2, 0.25) is 0 Å². The van der Waals surface area contributed by atoms with Crippen molar-refractivity contribution in [3.05, 3.63) is 35.7 Å². The molecular weight excluding hydrogens is 262 g/mol. The lowest BCUT2D eigenvalue weighted by Crippen LogP contribution is -2.35. The molecule has 0 saturated heterocycles. The zero-order chi connectivity index (χ0) is 13.7. The summed E-state index contributed by atoms with van der Waals surface area (Å²) in [4.78, 5) is 0. The fourth-order valence-corrected chi connectivity index (χ4v) is 2.87. The van der Waals surface area contributed by atoms with Gasteiger partial charge in [0.25, 0.3) is 0 Å². The van der Waals surface area contributed by atoms with E-state index < -0.39 is 11.6 Å². The Morgan fingerprint density at radius 1 is 1.20 bits per heavy atom. The normalized spacial score (nSPS) is 21.8. The van der Waals surface area contributed by atoms with E-state index in [1.54, 1.807) is 0 Å². The Labute approximate surface area is 114 Å². The SMILES string of the molecule is Fc1ccc(-c2nnc3n2CCNC3C2CC2)c(F)c1. The van der Waals surface area contributed by atoms with Crippen molar-refractivity contribution in [3.63, 3.8) is 0 Å². The minimum absolute atomic E-state index is 0.216. The van der Waals surface area contributed by atoms with Gasteiger partial charge in [0.2, 0.25) is 0 Å². The van der Waals surface area contributed by atoms with Crippen LogP contribution in [0.1, 0.15) is 24.7 Å². The average Bonchev–Trinajstić information content (AvgIpc) is 3.19. The maximum atomic E-state index is 13.9. The second-order valence-electron chi connectivity index (χ2n) is 5.43. The summed E-state index contributed by atoms with van der Waals surface area (Å²) < 4.78 is 28.9. The van der Waals surface area contributed by atoms with E-state index in [1.165, 1.54) is 25.0 Å². The van der Waals surface area contributed by atoms with Gasteiger partial charge in [-0.2, -0.15) is 0 Å². The van der Waals surface area contributed by atoms with Gasteiger partial charge in [-0.05, 0) is 30.9 Å². The molecule has 2 aliphatic rings. The molecule has 0 amide bonds. The van der Waals surface area contributed by atoms with Crippen LogP contribution < -0.4 is 5.32 Å². The van der Waals surface area contributed by atoms with Gasteiger partial charge < -0.3 is 9.88 Å². The lowest BCUT2D eigenvalue weighted by Gasteiger charge is -2.25. The van der Waals surface area contributed by atoms with E-state index in [1.807, 2.05) is 4.57 Å². The molecule has 1 aromatic heterocycles. The molecule has 1 unspecified atom stereocenters. The molecule has 0 radical (unpaired) electrons. The molecule has 0 spiro atoms. The maximum Gasteiger partial charge on any atom is 0.167 e. The average molecular weight is 276 g/mol. The Balaban J connectivity index is 1.80. The lowest BCUT2D eigenvalue weighted by molar-refractivity contribution is 0.382. The first-order valence-electron chi connectivity index (χ1n) is 6.86. The number of fused-ring (bicyclic) bond motifs is 1. The topological polar surface area (TPSA) is 42.7 Å². The molecule has 4 nitrogen and oxygen atoms in total. The second kappa shape index (κ2) is 4.34. The van der Waals surface area contributed by atoms with Crippen LogP contribution >= 0.6 is 0 Å². The van der Waals surface area contributed by atoms with Gasteiger partial charge in [0, 0.05) is 19.2 Å². The number of nitrogens with one attached hydrogen (secondary N) is 1. The Bertz CT molecular complexity index is 663. The van der Waals surface area contributed by atoms with E-state index in [0.29, 0.717) is 23.9 Å². The second-order valence-corrected chi connectivity index (χ2v) is 5.43. The van der Waals surface area contributed by atoms with E-state index in [-0.39, 0.29) is 6.04 Å². The summed E-state index contributed by atoms with van der Waals surface area (Å²) in [6.45, 7) is 1.53. The molecule has 20 heavy (non-hydrogen) atoms. The summed E-state index contributed by atoms with van der Waals surface area (Å²) in [6, 6.07) is 3.78. The van der Waals surface area contributed by atoms with Crippen LogP contribution in [-0.2, 0) is 6.54 Å². The van der Waals surface area contributed by atoms with Crippen molar-refractivity contribution in [2.24, 2.45) is 5.92 Å². The summed E-state index contributed by atoms with van der Waals surface area (Å²) in [5, 5.41) is 11.8. The maximum absolute atomic E-state index is 13.9. The zero-order valence-electron chi connectivity index (χ0n) is 10.8. The quantitative estimate of drug-likeness (QED) is 0.915. The van der Waals surface area contributed by atoms with Crippen molar-refractivity contribution in [3.8, 4) is 11.4 Å². The summed E-state index contributed by atoms with van der Waals surface area (Å²) >= 11 is 0. The summed E-state index contributed by atoms with van der Waals surface area (Å²) in [5.74, 6) is 0.801. The van der Waals surface area contributed by atoms with Gasteiger partial charge in [-0.15, -0.1) is 10.2 Å². The fourth-order valence-electron chi connectivity index (χ4n) is 2.87. The number of benzene rings is 1. The fraction of sp³-hybridized carbons (Fsp3) is 0.429. The molecule has 1 atom stereocenters. The number of nitrogens with zero attached hydrogens (tertiary/aromatic N) is 3. The number of halogens is 2.